The maximum absolute atomic E-state index is 13.3. The molecule has 0 aliphatic heterocycles. The van der Waals surface area contributed by atoms with E-state index in [0.29, 0.717) is 6.42 Å². The highest BCUT2D eigenvalue weighted by molar-refractivity contribution is 5.77. The summed E-state index contributed by atoms with van der Waals surface area (Å²) >= 11 is 0. The van der Waals surface area contributed by atoms with Crippen LogP contribution in [0.25, 0.3) is 5.57 Å². The summed E-state index contributed by atoms with van der Waals surface area (Å²) in [5.74, 6) is -9.57. The van der Waals surface area contributed by atoms with E-state index in [9.17, 15) is 22.0 Å². The normalized spacial score (nSPS) is 14.4. The van der Waals surface area contributed by atoms with Crippen molar-refractivity contribution < 1.29 is 22.0 Å². The summed E-state index contributed by atoms with van der Waals surface area (Å²) in [6.07, 6.45) is 4.68. The summed E-state index contributed by atoms with van der Waals surface area (Å²) in [4.78, 5) is 0. The van der Waals surface area contributed by atoms with Gasteiger partial charge in [-0.2, -0.15) is 0 Å². The van der Waals surface area contributed by atoms with E-state index in [0.717, 1.165) is 0 Å². The molecular formula is C11H5F5. The van der Waals surface area contributed by atoms with Gasteiger partial charge in [0.1, 0.15) is 0 Å². The monoisotopic (exact) mass is 232 g/mol. The second-order valence-corrected chi connectivity index (χ2v) is 3.24. The standard InChI is InChI=1S/C11H5F5/c12-7-6(5-3-1-2-4-5)8(13)10(15)11(16)9(7)14/h1,3-4H,2H2. The number of benzene rings is 1. The summed E-state index contributed by atoms with van der Waals surface area (Å²) in [5, 5.41) is 0. The molecule has 0 amide bonds. The first-order chi connectivity index (χ1) is 7.54. The van der Waals surface area contributed by atoms with Crippen LogP contribution in [-0.4, -0.2) is 0 Å². The van der Waals surface area contributed by atoms with E-state index in [1.54, 1.807) is 6.08 Å². The molecule has 1 aliphatic rings. The third-order valence-corrected chi connectivity index (χ3v) is 2.27. The SMILES string of the molecule is Fc1c(F)c(F)c(C2=CCC=C2)c(F)c1F. The fourth-order valence-electron chi connectivity index (χ4n) is 1.50. The average Bonchev–Trinajstić information content (AvgIpc) is 2.77. The summed E-state index contributed by atoms with van der Waals surface area (Å²) < 4.78 is 64.9. The highest BCUT2D eigenvalue weighted by Gasteiger charge is 2.27. The van der Waals surface area contributed by atoms with Crippen LogP contribution < -0.4 is 0 Å². The molecule has 5 heteroatoms. The number of hydrogen-bond donors (Lipinski definition) is 0. The third-order valence-electron chi connectivity index (χ3n) is 2.27. The van der Waals surface area contributed by atoms with Gasteiger partial charge in [0.05, 0.1) is 5.56 Å². The zero-order chi connectivity index (χ0) is 11.9. The molecule has 0 heterocycles. The minimum atomic E-state index is -2.14. The summed E-state index contributed by atoms with van der Waals surface area (Å²) in [7, 11) is 0. The molecule has 0 fully saturated rings. The Kier molecular flexibility index (Phi) is 2.53. The number of allylic oxidation sites excluding steroid dienone is 4. The summed E-state index contributed by atoms with van der Waals surface area (Å²) in [6, 6.07) is 0. The van der Waals surface area contributed by atoms with Crippen molar-refractivity contribution in [2.45, 2.75) is 6.42 Å². The Morgan fingerprint density at radius 2 is 1.25 bits per heavy atom. The van der Waals surface area contributed by atoms with Crippen LogP contribution in [0, 0.1) is 29.1 Å². The number of rotatable bonds is 1. The molecule has 16 heavy (non-hydrogen) atoms. The van der Waals surface area contributed by atoms with Gasteiger partial charge in [-0.25, -0.2) is 22.0 Å². The van der Waals surface area contributed by atoms with E-state index < -0.39 is 34.6 Å². The van der Waals surface area contributed by atoms with Crippen molar-refractivity contribution in [1.29, 1.82) is 0 Å². The lowest BCUT2D eigenvalue weighted by Crippen LogP contribution is -2.05. The third kappa shape index (κ3) is 1.43. The minimum absolute atomic E-state index is 0.00722. The lowest BCUT2D eigenvalue weighted by atomic mass is 10.0. The fraction of sp³-hybridized carbons (Fsp3) is 0.0909. The highest BCUT2D eigenvalue weighted by atomic mass is 19.2. The Hall–Kier alpha value is -1.65. The second-order valence-electron chi connectivity index (χ2n) is 3.24. The van der Waals surface area contributed by atoms with E-state index in [4.69, 9.17) is 0 Å². The lowest BCUT2D eigenvalue weighted by Gasteiger charge is -2.07. The molecule has 0 spiro atoms. The van der Waals surface area contributed by atoms with Gasteiger partial charge in [0.15, 0.2) is 23.3 Å². The van der Waals surface area contributed by atoms with Gasteiger partial charge in [0.25, 0.3) is 0 Å². The van der Waals surface area contributed by atoms with E-state index in [1.165, 1.54) is 12.2 Å². The molecule has 0 aromatic heterocycles. The lowest BCUT2D eigenvalue weighted by molar-refractivity contribution is 0.376. The van der Waals surface area contributed by atoms with Crippen LogP contribution in [0.5, 0.6) is 0 Å². The van der Waals surface area contributed by atoms with Crippen LogP contribution in [0.4, 0.5) is 22.0 Å². The molecule has 0 N–H and O–H groups in total. The molecule has 1 aromatic rings. The maximum atomic E-state index is 13.3. The maximum Gasteiger partial charge on any atom is 0.200 e. The van der Waals surface area contributed by atoms with Gasteiger partial charge in [0.2, 0.25) is 5.82 Å². The van der Waals surface area contributed by atoms with Crippen LogP contribution in [-0.2, 0) is 0 Å². The van der Waals surface area contributed by atoms with Gasteiger partial charge in [-0.3, -0.25) is 0 Å². The quantitative estimate of drug-likeness (QED) is 0.393. The van der Waals surface area contributed by atoms with Gasteiger partial charge in [-0.1, -0.05) is 18.2 Å². The Bertz CT molecular complexity index is 485. The van der Waals surface area contributed by atoms with Crippen molar-refractivity contribution in [2.75, 3.05) is 0 Å². The van der Waals surface area contributed by atoms with Crippen molar-refractivity contribution in [3.05, 3.63) is 52.9 Å². The van der Waals surface area contributed by atoms with Crippen molar-refractivity contribution in [3.63, 3.8) is 0 Å². The molecule has 0 saturated heterocycles. The zero-order valence-electron chi connectivity index (χ0n) is 7.83. The number of hydrogen-bond acceptors (Lipinski definition) is 0. The van der Waals surface area contributed by atoms with Crippen molar-refractivity contribution >= 4 is 5.57 Å². The Morgan fingerprint density at radius 1 is 0.750 bits per heavy atom. The van der Waals surface area contributed by atoms with Crippen molar-refractivity contribution in [1.82, 2.24) is 0 Å². The predicted octanol–water partition coefficient (Wildman–Crippen LogP) is 3.73. The molecule has 0 nitrogen and oxygen atoms in total. The summed E-state index contributed by atoms with van der Waals surface area (Å²) in [6.45, 7) is 0. The predicted molar refractivity (Wildman–Crippen MR) is 48.0 cm³/mol. The van der Waals surface area contributed by atoms with E-state index >= 15 is 0 Å². The Labute approximate surface area is 87.7 Å². The van der Waals surface area contributed by atoms with Crippen LogP contribution in [0.2, 0.25) is 0 Å². The van der Waals surface area contributed by atoms with Crippen LogP contribution >= 0.6 is 0 Å². The molecule has 0 saturated carbocycles. The second kappa shape index (κ2) is 3.73. The van der Waals surface area contributed by atoms with E-state index in [-0.39, 0.29) is 5.57 Å². The van der Waals surface area contributed by atoms with Gasteiger partial charge < -0.3 is 0 Å². The van der Waals surface area contributed by atoms with Crippen LogP contribution in [0.1, 0.15) is 12.0 Å². The van der Waals surface area contributed by atoms with E-state index in [1.807, 2.05) is 0 Å². The van der Waals surface area contributed by atoms with E-state index in [2.05, 4.69) is 0 Å². The molecule has 84 valence electrons. The Balaban J connectivity index is 2.75. The molecule has 0 atom stereocenters. The van der Waals surface area contributed by atoms with Gasteiger partial charge in [0, 0.05) is 0 Å². The first-order valence-electron chi connectivity index (χ1n) is 4.42. The molecule has 0 unspecified atom stereocenters. The largest absolute Gasteiger partial charge is 0.203 e. The molecular weight excluding hydrogens is 227 g/mol. The van der Waals surface area contributed by atoms with Crippen molar-refractivity contribution in [3.8, 4) is 0 Å². The fourth-order valence-corrected chi connectivity index (χ4v) is 1.50. The smallest absolute Gasteiger partial charge is 0.200 e. The van der Waals surface area contributed by atoms with Crippen LogP contribution in [0.3, 0.4) is 0 Å². The topological polar surface area (TPSA) is 0 Å². The minimum Gasteiger partial charge on any atom is -0.203 e. The first-order valence-corrected chi connectivity index (χ1v) is 4.42. The Morgan fingerprint density at radius 3 is 1.69 bits per heavy atom. The molecule has 0 radical (unpaired) electrons. The van der Waals surface area contributed by atoms with Gasteiger partial charge in [-0.15, -0.1) is 0 Å². The molecule has 1 aromatic carbocycles. The van der Waals surface area contributed by atoms with Crippen LogP contribution in [0.15, 0.2) is 18.2 Å². The summed E-state index contributed by atoms with van der Waals surface area (Å²) in [5.41, 5.74) is -0.863. The highest BCUT2D eigenvalue weighted by Crippen LogP contribution is 2.31. The molecule has 2 rings (SSSR count). The van der Waals surface area contributed by atoms with Gasteiger partial charge in [-0.05, 0) is 12.0 Å². The van der Waals surface area contributed by atoms with Crippen molar-refractivity contribution in [2.24, 2.45) is 0 Å². The number of halogens is 5. The zero-order valence-corrected chi connectivity index (χ0v) is 7.83. The first kappa shape index (κ1) is 10.9. The van der Waals surface area contributed by atoms with Gasteiger partial charge >= 0.3 is 0 Å². The average molecular weight is 232 g/mol. The molecule has 1 aliphatic carbocycles. The molecule has 0 bridgehead atoms.